The molecule has 0 saturated carbocycles. The largest absolute Gasteiger partial charge is 0.355 e. The van der Waals surface area contributed by atoms with E-state index in [0.29, 0.717) is 12.5 Å². The summed E-state index contributed by atoms with van der Waals surface area (Å²) in [5.41, 5.74) is 2.37. The van der Waals surface area contributed by atoms with Crippen molar-refractivity contribution in [1.29, 1.82) is 0 Å². The molecule has 0 spiro atoms. The fourth-order valence-electron chi connectivity index (χ4n) is 4.36. The lowest BCUT2D eigenvalue weighted by atomic mass is 9.98. The van der Waals surface area contributed by atoms with E-state index in [9.17, 15) is 4.79 Å². The van der Waals surface area contributed by atoms with Gasteiger partial charge in [-0.25, -0.2) is 4.98 Å². The molecule has 1 amide bonds. The Morgan fingerprint density at radius 3 is 2.61 bits per heavy atom. The normalized spacial score (nSPS) is 22.9. The van der Waals surface area contributed by atoms with Gasteiger partial charge in [-0.2, -0.15) is 0 Å². The van der Waals surface area contributed by atoms with Gasteiger partial charge in [-0.05, 0) is 65.7 Å². The van der Waals surface area contributed by atoms with Gasteiger partial charge in [0.05, 0.1) is 18.8 Å². The van der Waals surface area contributed by atoms with Gasteiger partial charge in [0.25, 0.3) is 0 Å². The first kappa shape index (κ1) is 21.3. The highest BCUT2D eigenvalue weighted by Crippen LogP contribution is 2.19. The van der Waals surface area contributed by atoms with E-state index in [0.717, 1.165) is 70.3 Å². The van der Waals surface area contributed by atoms with Crippen LogP contribution in [0.3, 0.4) is 0 Å². The summed E-state index contributed by atoms with van der Waals surface area (Å²) in [4.78, 5) is 24.3. The van der Waals surface area contributed by atoms with E-state index in [1.165, 1.54) is 18.5 Å². The van der Waals surface area contributed by atoms with E-state index in [1.807, 2.05) is 0 Å². The highest BCUT2D eigenvalue weighted by Gasteiger charge is 2.23. The molecule has 3 heterocycles. The molecule has 7 heteroatoms. The fourth-order valence-corrected chi connectivity index (χ4v) is 4.36. The highest BCUT2D eigenvalue weighted by molar-refractivity contribution is 5.78. The lowest BCUT2D eigenvalue weighted by Gasteiger charge is -2.32. The molecule has 28 heavy (non-hydrogen) atoms. The summed E-state index contributed by atoms with van der Waals surface area (Å²) in [6.45, 7) is 12.8. The predicted molar refractivity (Wildman–Crippen MR) is 112 cm³/mol. The van der Waals surface area contributed by atoms with Crippen LogP contribution in [-0.2, 0) is 18.4 Å². The van der Waals surface area contributed by atoms with Crippen molar-refractivity contribution in [3.8, 4) is 0 Å². The summed E-state index contributed by atoms with van der Waals surface area (Å²) in [5, 5.41) is 3.20. The Morgan fingerprint density at radius 2 is 1.86 bits per heavy atom. The molecule has 1 aromatic heterocycles. The van der Waals surface area contributed by atoms with E-state index < -0.39 is 0 Å². The number of hydrogen-bond donors (Lipinski definition) is 1. The van der Waals surface area contributed by atoms with Gasteiger partial charge in [0.1, 0.15) is 5.82 Å². The third-order valence-electron chi connectivity index (χ3n) is 6.45. The number of carbonyl (C=O) groups is 1. The van der Waals surface area contributed by atoms with Gasteiger partial charge in [-0.15, -0.1) is 0 Å². The Labute approximate surface area is 170 Å². The minimum absolute atomic E-state index is 0.178. The number of nitrogens with zero attached hydrogens (tertiary/aromatic N) is 5. The molecular formula is C21H38N6O. The second-order valence-electron chi connectivity index (χ2n) is 8.74. The summed E-state index contributed by atoms with van der Waals surface area (Å²) in [6.07, 6.45) is 3.54. The van der Waals surface area contributed by atoms with Crippen molar-refractivity contribution in [3.63, 3.8) is 0 Å². The second kappa shape index (κ2) is 9.85. The molecule has 2 saturated heterocycles. The first-order valence-electron chi connectivity index (χ1n) is 10.8. The molecular weight excluding hydrogens is 352 g/mol. The van der Waals surface area contributed by atoms with Crippen LogP contribution < -0.4 is 5.32 Å². The van der Waals surface area contributed by atoms with E-state index >= 15 is 0 Å². The van der Waals surface area contributed by atoms with Crippen LogP contribution >= 0.6 is 0 Å². The summed E-state index contributed by atoms with van der Waals surface area (Å²) in [7, 11) is 4.26. The number of amides is 1. The number of likely N-dealkylation sites (N-methyl/N-ethyl adjacent to an activating group) is 1. The quantitative estimate of drug-likeness (QED) is 0.785. The second-order valence-corrected chi connectivity index (χ2v) is 8.74. The van der Waals surface area contributed by atoms with Gasteiger partial charge < -0.3 is 14.8 Å². The number of aromatic nitrogens is 2. The molecule has 0 radical (unpaired) electrons. The van der Waals surface area contributed by atoms with Crippen LogP contribution in [0, 0.1) is 19.8 Å². The first-order valence-corrected chi connectivity index (χ1v) is 10.8. The number of aryl methyl sites for hydroxylation is 1. The fraction of sp³-hybridized carbons (Fsp3) is 0.810. The molecule has 0 aliphatic carbocycles. The third kappa shape index (κ3) is 5.78. The van der Waals surface area contributed by atoms with Gasteiger partial charge in [0, 0.05) is 38.9 Å². The van der Waals surface area contributed by atoms with Crippen LogP contribution in [0.5, 0.6) is 0 Å². The zero-order chi connectivity index (χ0) is 20.1. The smallest absolute Gasteiger partial charge is 0.234 e. The van der Waals surface area contributed by atoms with E-state index in [-0.39, 0.29) is 5.91 Å². The third-order valence-corrected chi connectivity index (χ3v) is 6.45. The zero-order valence-corrected chi connectivity index (χ0v) is 18.2. The number of carbonyl (C=O) groups excluding carboxylic acids is 1. The number of nitrogens with one attached hydrogen (secondary N) is 1. The maximum absolute atomic E-state index is 12.4. The van der Waals surface area contributed by atoms with Crippen molar-refractivity contribution in [2.24, 2.45) is 13.0 Å². The standard InChI is InChI=1S/C21H38N6O/c1-17-18(2)25(4)20(23-17)15-27-9-5-7-19(14-27)13-22-21(28)16-26-10-6-8-24(3)11-12-26/h19H,5-16H2,1-4H3,(H,22,28). The van der Waals surface area contributed by atoms with E-state index in [1.54, 1.807) is 0 Å². The number of piperidine rings is 1. The number of imidazole rings is 1. The summed E-state index contributed by atoms with van der Waals surface area (Å²) >= 11 is 0. The maximum Gasteiger partial charge on any atom is 0.234 e. The zero-order valence-electron chi connectivity index (χ0n) is 18.2. The van der Waals surface area contributed by atoms with Crippen LogP contribution in [0.1, 0.15) is 36.5 Å². The van der Waals surface area contributed by atoms with Crippen LogP contribution in [-0.4, -0.2) is 89.6 Å². The SMILES string of the molecule is Cc1nc(CN2CCCC(CNC(=O)CN3CCCN(C)CC3)C2)n(C)c1C. The van der Waals surface area contributed by atoms with Crippen molar-refractivity contribution in [2.75, 3.05) is 59.4 Å². The maximum atomic E-state index is 12.4. The van der Waals surface area contributed by atoms with Crippen LogP contribution in [0.4, 0.5) is 0 Å². The molecule has 2 aliphatic heterocycles. The molecule has 3 rings (SSSR count). The first-order chi connectivity index (χ1) is 13.4. The number of hydrogen-bond acceptors (Lipinski definition) is 5. The Hall–Kier alpha value is -1.44. The Morgan fingerprint density at radius 1 is 1.07 bits per heavy atom. The van der Waals surface area contributed by atoms with Gasteiger partial charge in [-0.1, -0.05) is 0 Å². The molecule has 158 valence electrons. The lowest BCUT2D eigenvalue weighted by Crippen LogP contribution is -2.44. The van der Waals surface area contributed by atoms with Crippen molar-refractivity contribution in [3.05, 3.63) is 17.2 Å². The minimum atomic E-state index is 0.178. The average molecular weight is 391 g/mol. The average Bonchev–Trinajstić information content (AvgIpc) is 2.82. The van der Waals surface area contributed by atoms with E-state index in [2.05, 4.69) is 52.5 Å². The molecule has 2 fully saturated rings. The van der Waals surface area contributed by atoms with E-state index in [4.69, 9.17) is 4.98 Å². The van der Waals surface area contributed by atoms with Gasteiger partial charge >= 0.3 is 0 Å². The van der Waals surface area contributed by atoms with Crippen molar-refractivity contribution >= 4 is 5.91 Å². The van der Waals surface area contributed by atoms with Gasteiger partial charge in [-0.3, -0.25) is 14.6 Å². The predicted octanol–water partition coefficient (Wildman–Crippen LogP) is 1.00. The molecule has 0 aromatic carbocycles. The molecule has 1 unspecified atom stereocenters. The molecule has 2 aliphatic rings. The van der Waals surface area contributed by atoms with Crippen LogP contribution in [0.25, 0.3) is 0 Å². The molecule has 0 bridgehead atoms. The monoisotopic (exact) mass is 390 g/mol. The summed E-state index contributed by atoms with van der Waals surface area (Å²) in [6, 6.07) is 0. The summed E-state index contributed by atoms with van der Waals surface area (Å²) in [5.74, 6) is 1.86. The molecule has 7 nitrogen and oxygen atoms in total. The van der Waals surface area contributed by atoms with Crippen molar-refractivity contribution < 1.29 is 4.79 Å². The number of likely N-dealkylation sites (tertiary alicyclic amines) is 1. The highest BCUT2D eigenvalue weighted by atomic mass is 16.2. The summed E-state index contributed by atoms with van der Waals surface area (Å²) < 4.78 is 2.21. The Balaban J connectivity index is 1.42. The Kier molecular flexibility index (Phi) is 7.48. The number of rotatable bonds is 6. The molecule has 1 atom stereocenters. The van der Waals surface area contributed by atoms with Crippen LogP contribution in [0.15, 0.2) is 0 Å². The van der Waals surface area contributed by atoms with Crippen molar-refractivity contribution in [1.82, 2.24) is 29.6 Å². The minimum Gasteiger partial charge on any atom is -0.355 e. The van der Waals surface area contributed by atoms with Gasteiger partial charge in [0.2, 0.25) is 5.91 Å². The lowest BCUT2D eigenvalue weighted by molar-refractivity contribution is -0.122. The van der Waals surface area contributed by atoms with Crippen LogP contribution in [0.2, 0.25) is 0 Å². The van der Waals surface area contributed by atoms with Crippen molar-refractivity contribution in [2.45, 2.75) is 39.7 Å². The molecule has 1 aromatic rings. The topological polar surface area (TPSA) is 56.6 Å². The van der Waals surface area contributed by atoms with Gasteiger partial charge in [0.15, 0.2) is 0 Å². The Bertz CT molecular complexity index is 658. The molecule has 1 N–H and O–H groups in total.